The first-order valence-corrected chi connectivity index (χ1v) is 5.48. The molecule has 0 aliphatic heterocycles. The first-order chi connectivity index (χ1) is 6.11. The van der Waals surface area contributed by atoms with Gasteiger partial charge in [-0.1, -0.05) is 20.3 Å². The lowest BCUT2D eigenvalue weighted by molar-refractivity contribution is 0.0267. The Kier molecular flexibility index (Phi) is 4.20. The summed E-state index contributed by atoms with van der Waals surface area (Å²) in [5.74, 6) is 1.55. The Morgan fingerprint density at radius 2 is 2.08 bits per heavy atom. The third-order valence-electron chi connectivity index (χ3n) is 3.10. The molecule has 1 fully saturated rings. The van der Waals surface area contributed by atoms with Crippen LogP contribution in [0, 0.1) is 11.8 Å². The lowest BCUT2D eigenvalue weighted by Gasteiger charge is -2.35. The molecule has 1 aliphatic rings. The number of hydrogen-bond donors (Lipinski definition) is 1. The smallest absolute Gasteiger partial charge is 0.0546 e. The van der Waals surface area contributed by atoms with E-state index in [0.29, 0.717) is 0 Å². The highest BCUT2D eigenvalue weighted by molar-refractivity contribution is 4.80. The van der Waals surface area contributed by atoms with E-state index in [-0.39, 0.29) is 6.10 Å². The van der Waals surface area contributed by atoms with E-state index in [9.17, 15) is 0 Å². The highest BCUT2D eigenvalue weighted by Crippen LogP contribution is 2.27. The van der Waals surface area contributed by atoms with Gasteiger partial charge in [0.25, 0.3) is 0 Å². The number of nitrogens with zero attached hydrogens (tertiary/aromatic N) is 1. The van der Waals surface area contributed by atoms with Crippen LogP contribution in [0.25, 0.3) is 0 Å². The predicted octanol–water partition coefficient (Wildman–Crippen LogP) is 1.74. The SMILES string of the molecule is CCC(C)CN(C)CC1CC(O)C1. The maximum atomic E-state index is 9.14. The van der Waals surface area contributed by atoms with Gasteiger partial charge in [-0.15, -0.1) is 0 Å². The van der Waals surface area contributed by atoms with E-state index in [1.807, 2.05) is 0 Å². The van der Waals surface area contributed by atoms with Gasteiger partial charge in [0.15, 0.2) is 0 Å². The Labute approximate surface area is 81.9 Å². The molecule has 78 valence electrons. The molecule has 1 N–H and O–H groups in total. The summed E-state index contributed by atoms with van der Waals surface area (Å²) in [5.41, 5.74) is 0. The molecule has 0 heterocycles. The molecule has 0 aromatic rings. The molecule has 1 aliphatic carbocycles. The fourth-order valence-corrected chi connectivity index (χ4v) is 2.03. The van der Waals surface area contributed by atoms with Crippen molar-refractivity contribution in [1.29, 1.82) is 0 Å². The summed E-state index contributed by atoms with van der Waals surface area (Å²) in [5, 5.41) is 9.14. The molecular weight excluding hydrogens is 162 g/mol. The molecule has 0 radical (unpaired) electrons. The van der Waals surface area contributed by atoms with Crippen molar-refractivity contribution in [3.8, 4) is 0 Å². The monoisotopic (exact) mass is 185 g/mol. The second kappa shape index (κ2) is 4.97. The zero-order valence-electron chi connectivity index (χ0n) is 9.16. The maximum absolute atomic E-state index is 9.14. The molecule has 2 heteroatoms. The van der Waals surface area contributed by atoms with Crippen LogP contribution in [0.4, 0.5) is 0 Å². The van der Waals surface area contributed by atoms with E-state index in [4.69, 9.17) is 5.11 Å². The van der Waals surface area contributed by atoms with Crippen molar-refractivity contribution in [3.63, 3.8) is 0 Å². The van der Waals surface area contributed by atoms with E-state index in [1.54, 1.807) is 0 Å². The van der Waals surface area contributed by atoms with Crippen LogP contribution >= 0.6 is 0 Å². The minimum Gasteiger partial charge on any atom is -0.393 e. The van der Waals surface area contributed by atoms with Gasteiger partial charge in [0.2, 0.25) is 0 Å². The van der Waals surface area contributed by atoms with Crippen LogP contribution in [-0.4, -0.2) is 36.2 Å². The minimum absolute atomic E-state index is 0.00185. The van der Waals surface area contributed by atoms with E-state index in [0.717, 1.165) is 24.7 Å². The average Bonchev–Trinajstić information content (AvgIpc) is 2.01. The molecule has 13 heavy (non-hydrogen) atoms. The highest BCUT2D eigenvalue weighted by Gasteiger charge is 2.27. The predicted molar refractivity (Wildman–Crippen MR) is 55.7 cm³/mol. The third-order valence-corrected chi connectivity index (χ3v) is 3.10. The maximum Gasteiger partial charge on any atom is 0.0546 e. The molecule has 0 saturated heterocycles. The van der Waals surface area contributed by atoms with Crippen molar-refractivity contribution in [2.24, 2.45) is 11.8 Å². The highest BCUT2D eigenvalue weighted by atomic mass is 16.3. The quantitative estimate of drug-likeness (QED) is 0.705. The van der Waals surface area contributed by atoms with Crippen LogP contribution in [0.2, 0.25) is 0 Å². The summed E-state index contributed by atoms with van der Waals surface area (Å²) in [6, 6.07) is 0. The lowest BCUT2D eigenvalue weighted by Crippen LogP contribution is -2.38. The van der Waals surface area contributed by atoms with Gasteiger partial charge in [-0.25, -0.2) is 0 Å². The molecule has 0 aromatic carbocycles. The van der Waals surface area contributed by atoms with Crippen molar-refractivity contribution in [1.82, 2.24) is 4.90 Å². The first kappa shape index (κ1) is 11.0. The number of aliphatic hydroxyl groups is 1. The van der Waals surface area contributed by atoms with Crippen LogP contribution in [0.1, 0.15) is 33.1 Å². The van der Waals surface area contributed by atoms with Crippen molar-refractivity contribution < 1.29 is 5.11 Å². The van der Waals surface area contributed by atoms with Gasteiger partial charge < -0.3 is 10.0 Å². The summed E-state index contributed by atoms with van der Waals surface area (Å²) >= 11 is 0. The molecule has 0 bridgehead atoms. The van der Waals surface area contributed by atoms with Gasteiger partial charge >= 0.3 is 0 Å². The van der Waals surface area contributed by atoms with Crippen molar-refractivity contribution in [2.45, 2.75) is 39.2 Å². The summed E-state index contributed by atoms with van der Waals surface area (Å²) in [6.07, 6.45) is 3.30. The van der Waals surface area contributed by atoms with Crippen molar-refractivity contribution in [3.05, 3.63) is 0 Å². The standard InChI is InChI=1S/C11H23NO/c1-4-9(2)7-12(3)8-10-5-11(13)6-10/h9-11,13H,4-8H2,1-3H3. The van der Waals surface area contributed by atoms with Gasteiger partial charge in [-0.05, 0) is 31.7 Å². The summed E-state index contributed by atoms with van der Waals surface area (Å²) in [7, 11) is 2.19. The zero-order valence-corrected chi connectivity index (χ0v) is 9.16. The largest absolute Gasteiger partial charge is 0.393 e. The molecule has 1 rings (SSSR count). The molecule has 0 spiro atoms. The van der Waals surface area contributed by atoms with Gasteiger partial charge in [0.05, 0.1) is 6.10 Å². The molecule has 1 unspecified atom stereocenters. The molecule has 0 amide bonds. The number of rotatable bonds is 5. The lowest BCUT2D eigenvalue weighted by atomic mass is 9.82. The fourth-order valence-electron chi connectivity index (χ4n) is 2.03. The number of hydrogen-bond acceptors (Lipinski definition) is 2. The Morgan fingerprint density at radius 1 is 1.46 bits per heavy atom. The molecule has 0 aromatic heterocycles. The third kappa shape index (κ3) is 3.65. The molecular formula is C11H23NO. The van der Waals surface area contributed by atoms with Crippen LogP contribution in [-0.2, 0) is 0 Å². The molecule has 2 nitrogen and oxygen atoms in total. The van der Waals surface area contributed by atoms with Crippen LogP contribution in [0.15, 0.2) is 0 Å². The van der Waals surface area contributed by atoms with Gasteiger partial charge in [-0.3, -0.25) is 0 Å². The van der Waals surface area contributed by atoms with E-state index < -0.39 is 0 Å². The summed E-state index contributed by atoms with van der Waals surface area (Å²) in [4.78, 5) is 2.41. The Hall–Kier alpha value is -0.0800. The topological polar surface area (TPSA) is 23.5 Å². The Bertz CT molecular complexity index is 143. The van der Waals surface area contributed by atoms with Crippen LogP contribution in [0.3, 0.4) is 0 Å². The fraction of sp³-hybridized carbons (Fsp3) is 1.00. The normalized spacial score (nSPS) is 30.2. The summed E-state index contributed by atoms with van der Waals surface area (Å²) in [6.45, 7) is 6.90. The Balaban J connectivity index is 2.07. The molecule has 1 saturated carbocycles. The Morgan fingerprint density at radius 3 is 2.54 bits per heavy atom. The van der Waals surface area contributed by atoms with E-state index >= 15 is 0 Å². The van der Waals surface area contributed by atoms with Crippen LogP contribution < -0.4 is 0 Å². The van der Waals surface area contributed by atoms with E-state index in [2.05, 4.69) is 25.8 Å². The average molecular weight is 185 g/mol. The molecule has 1 atom stereocenters. The second-order valence-electron chi connectivity index (χ2n) is 4.73. The minimum atomic E-state index is 0.00185. The zero-order chi connectivity index (χ0) is 9.84. The van der Waals surface area contributed by atoms with E-state index in [1.165, 1.54) is 19.5 Å². The van der Waals surface area contributed by atoms with Gasteiger partial charge in [0.1, 0.15) is 0 Å². The van der Waals surface area contributed by atoms with Crippen molar-refractivity contribution in [2.75, 3.05) is 20.1 Å². The second-order valence-corrected chi connectivity index (χ2v) is 4.73. The van der Waals surface area contributed by atoms with Gasteiger partial charge in [0, 0.05) is 13.1 Å². The van der Waals surface area contributed by atoms with Crippen LogP contribution in [0.5, 0.6) is 0 Å². The number of aliphatic hydroxyl groups excluding tert-OH is 1. The first-order valence-electron chi connectivity index (χ1n) is 5.48. The van der Waals surface area contributed by atoms with Crippen molar-refractivity contribution >= 4 is 0 Å². The van der Waals surface area contributed by atoms with Gasteiger partial charge in [-0.2, -0.15) is 0 Å². The summed E-state index contributed by atoms with van der Waals surface area (Å²) < 4.78 is 0.